The smallest absolute Gasteiger partial charge is 0.337 e. The maximum atomic E-state index is 12.3. The number of esters is 1. The van der Waals surface area contributed by atoms with Crippen LogP contribution in [0.2, 0.25) is 0 Å². The molecule has 1 amide bonds. The highest BCUT2D eigenvalue weighted by atomic mass is 16.5. The van der Waals surface area contributed by atoms with Gasteiger partial charge in [0.15, 0.2) is 5.78 Å². The van der Waals surface area contributed by atoms with Crippen molar-refractivity contribution in [1.82, 2.24) is 4.90 Å². The van der Waals surface area contributed by atoms with Crippen molar-refractivity contribution in [1.29, 1.82) is 0 Å². The van der Waals surface area contributed by atoms with E-state index in [4.69, 9.17) is 0 Å². The van der Waals surface area contributed by atoms with Gasteiger partial charge in [0.1, 0.15) is 0 Å². The molecule has 0 fully saturated rings. The second-order valence-corrected chi connectivity index (χ2v) is 6.41. The minimum absolute atomic E-state index is 0.0261. The van der Waals surface area contributed by atoms with Crippen LogP contribution in [0.5, 0.6) is 0 Å². The van der Waals surface area contributed by atoms with Gasteiger partial charge in [0, 0.05) is 32.0 Å². The second kappa shape index (κ2) is 9.67. The number of nitrogens with zero attached hydrogens (tertiary/aromatic N) is 1. The summed E-state index contributed by atoms with van der Waals surface area (Å²) in [4.78, 5) is 37.6. The number of hydrogen-bond acceptors (Lipinski definition) is 4. The molecule has 27 heavy (non-hydrogen) atoms. The second-order valence-electron chi connectivity index (χ2n) is 6.41. The molecule has 0 saturated carbocycles. The Kier molecular flexibility index (Phi) is 7.29. The van der Waals surface area contributed by atoms with E-state index in [0.717, 1.165) is 12.0 Å². The maximum absolute atomic E-state index is 12.3. The number of carbonyl (C=O) groups excluding carboxylic acids is 3. The number of carbonyl (C=O) groups is 3. The molecule has 5 nitrogen and oxygen atoms in total. The van der Waals surface area contributed by atoms with Gasteiger partial charge in [0.05, 0.1) is 12.7 Å². The monoisotopic (exact) mass is 367 g/mol. The van der Waals surface area contributed by atoms with E-state index >= 15 is 0 Å². The zero-order valence-corrected chi connectivity index (χ0v) is 16.0. The zero-order chi connectivity index (χ0) is 19.8. The van der Waals surface area contributed by atoms with Crippen molar-refractivity contribution in [3.05, 3.63) is 70.8 Å². The van der Waals surface area contributed by atoms with Gasteiger partial charge in [-0.25, -0.2) is 4.79 Å². The Hall–Kier alpha value is -2.95. The maximum Gasteiger partial charge on any atom is 0.337 e. The van der Waals surface area contributed by atoms with Crippen LogP contribution < -0.4 is 0 Å². The minimum Gasteiger partial charge on any atom is -0.465 e. The van der Waals surface area contributed by atoms with Gasteiger partial charge >= 0.3 is 5.97 Å². The van der Waals surface area contributed by atoms with E-state index in [1.807, 2.05) is 24.3 Å². The van der Waals surface area contributed by atoms with Gasteiger partial charge in [0.25, 0.3) is 0 Å². The molecule has 2 rings (SSSR count). The number of benzene rings is 2. The molecule has 142 valence electrons. The average molecular weight is 367 g/mol. The first-order chi connectivity index (χ1) is 12.9. The van der Waals surface area contributed by atoms with Crippen molar-refractivity contribution in [2.45, 2.75) is 32.7 Å². The van der Waals surface area contributed by atoms with E-state index < -0.39 is 5.97 Å². The topological polar surface area (TPSA) is 63.7 Å². The molecule has 5 heteroatoms. The van der Waals surface area contributed by atoms with E-state index in [2.05, 4.69) is 11.7 Å². The van der Waals surface area contributed by atoms with Gasteiger partial charge in [-0.05, 0) is 29.7 Å². The lowest BCUT2D eigenvalue weighted by Crippen LogP contribution is -2.26. The molecule has 0 aliphatic rings. The van der Waals surface area contributed by atoms with Gasteiger partial charge in [-0.3, -0.25) is 9.59 Å². The van der Waals surface area contributed by atoms with Crippen molar-refractivity contribution in [3.8, 4) is 0 Å². The lowest BCUT2D eigenvalue weighted by atomic mass is 10.0. The fourth-order valence-corrected chi connectivity index (χ4v) is 2.71. The highest BCUT2D eigenvalue weighted by molar-refractivity contribution is 5.98. The normalized spacial score (nSPS) is 10.3. The predicted octanol–water partition coefficient (Wildman–Crippen LogP) is 3.66. The molecule has 0 aliphatic heterocycles. The molecule has 0 bridgehead atoms. The van der Waals surface area contributed by atoms with Crippen LogP contribution in [0.4, 0.5) is 0 Å². The number of methoxy groups -OCH3 is 1. The number of Topliss-reactive ketones (excluding diaryl/α,β-unsaturated/α-hetero) is 1. The van der Waals surface area contributed by atoms with Gasteiger partial charge in [0.2, 0.25) is 5.91 Å². The van der Waals surface area contributed by atoms with E-state index in [-0.39, 0.29) is 24.5 Å². The molecule has 0 N–H and O–H groups in total. The molecule has 0 radical (unpaired) electrons. The van der Waals surface area contributed by atoms with E-state index in [9.17, 15) is 14.4 Å². The van der Waals surface area contributed by atoms with Crippen LogP contribution in [0.25, 0.3) is 0 Å². The van der Waals surface area contributed by atoms with Crippen LogP contribution >= 0.6 is 0 Å². The average Bonchev–Trinajstić information content (AvgIpc) is 2.71. The van der Waals surface area contributed by atoms with E-state index in [0.29, 0.717) is 17.7 Å². The summed E-state index contributed by atoms with van der Waals surface area (Å²) < 4.78 is 4.66. The molecule has 0 aliphatic carbocycles. The molecule has 0 saturated heterocycles. The molecule has 0 unspecified atom stereocenters. The standard InChI is InChI=1S/C22H25NO4/c1-4-16-5-9-18(10-6-16)20(24)13-14-21(25)23(2)15-17-7-11-19(12-8-17)22(26)27-3/h5-12H,4,13-15H2,1-3H3. The quantitative estimate of drug-likeness (QED) is 0.528. The number of hydrogen-bond donors (Lipinski definition) is 0. The highest BCUT2D eigenvalue weighted by Crippen LogP contribution is 2.12. The summed E-state index contributed by atoms with van der Waals surface area (Å²) in [5.74, 6) is -0.510. The Morgan fingerprint density at radius 1 is 0.852 bits per heavy atom. The zero-order valence-electron chi connectivity index (χ0n) is 16.0. The number of aryl methyl sites for hydroxylation is 1. The Morgan fingerprint density at radius 3 is 1.96 bits per heavy atom. The predicted molar refractivity (Wildman–Crippen MR) is 104 cm³/mol. The fraction of sp³-hybridized carbons (Fsp3) is 0.318. The summed E-state index contributed by atoms with van der Waals surface area (Å²) in [6, 6.07) is 14.4. The van der Waals surface area contributed by atoms with Gasteiger partial charge < -0.3 is 9.64 Å². The summed E-state index contributed by atoms with van der Waals surface area (Å²) in [7, 11) is 3.04. The molecule has 2 aromatic carbocycles. The van der Waals surface area contributed by atoms with E-state index in [1.165, 1.54) is 12.7 Å². The molecule has 0 spiro atoms. The number of ether oxygens (including phenoxy) is 1. The fourth-order valence-electron chi connectivity index (χ4n) is 2.71. The van der Waals surface area contributed by atoms with Crippen molar-refractivity contribution < 1.29 is 19.1 Å². The molecule has 0 atom stereocenters. The first kappa shape index (κ1) is 20.4. The third kappa shape index (κ3) is 5.78. The SMILES string of the molecule is CCc1ccc(C(=O)CCC(=O)N(C)Cc2ccc(C(=O)OC)cc2)cc1. The molecular formula is C22H25NO4. The third-order valence-corrected chi connectivity index (χ3v) is 4.47. The largest absolute Gasteiger partial charge is 0.465 e. The summed E-state index contributed by atoms with van der Waals surface area (Å²) in [6.07, 6.45) is 1.29. The summed E-state index contributed by atoms with van der Waals surface area (Å²) in [5, 5.41) is 0. The van der Waals surface area contributed by atoms with E-state index in [1.54, 1.807) is 36.2 Å². The lowest BCUT2D eigenvalue weighted by Gasteiger charge is -2.17. The first-order valence-electron chi connectivity index (χ1n) is 8.98. The van der Waals surface area contributed by atoms with Crippen LogP contribution in [0.1, 0.15) is 51.6 Å². The number of rotatable bonds is 8. The number of amides is 1. The molecule has 2 aromatic rings. The Labute approximate surface area is 159 Å². The van der Waals surface area contributed by atoms with Gasteiger partial charge in [-0.15, -0.1) is 0 Å². The van der Waals surface area contributed by atoms with Gasteiger partial charge in [-0.1, -0.05) is 43.3 Å². The number of ketones is 1. The van der Waals surface area contributed by atoms with Crippen molar-refractivity contribution in [2.24, 2.45) is 0 Å². The Morgan fingerprint density at radius 2 is 1.41 bits per heavy atom. The summed E-state index contributed by atoms with van der Waals surface area (Å²) in [5.41, 5.74) is 3.19. The lowest BCUT2D eigenvalue weighted by molar-refractivity contribution is -0.130. The van der Waals surface area contributed by atoms with Crippen molar-refractivity contribution in [2.75, 3.05) is 14.2 Å². The van der Waals surface area contributed by atoms with Crippen molar-refractivity contribution in [3.63, 3.8) is 0 Å². The first-order valence-corrected chi connectivity index (χ1v) is 8.98. The van der Waals surface area contributed by atoms with Crippen LogP contribution in [0, 0.1) is 0 Å². The van der Waals surface area contributed by atoms with Crippen LogP contribution in [0.3, 0.4) is 0 Å². The Bertz CT molecular complexity index is 794. The Balaban J connectivity index is 1.85. The highest BCUT2D eigenvalue weighted by Gasteiger charge is 2.13. The minimum atomic E-state index is -0.392. The molecule has 0 heterocycles. The summed E-state index contributed by atoms with van der Waals surface area (Å²) >= 11 is 0. The molecular weight excluding hydrogens is 342 g/mol. The van der Waals surface area contributed by atoms with Crippen molar-refractivity contribution >= 4 is 17.7 Å². The summed E-state index contributed by atoms with van der Waals surface area (Å²) in [6.45, 7) is 2.48. The molecule has 0 aromatic heterocycles. The third-order valence-electron chi connectivity index (χ3n) is 4.47. The van der Waals surface area contributed by atoms with Gasteiger partial charge in [-0.2, -0.15) is 0 Å². The van der Waals surface area contributed by atoms with Crippen LogP contribution in [-0.2, 0) is 22.5 Å². The van der Waals surface area contributed by atoms with Crippen LogP contribution in [0.15, 0.2) is 48.5 Å². The van der Waals surface area contributed by atoms with Crippen LogP contribution in [-0.4, -0.2) is 36.7 Å².